The Bertz CT molecular complexity index is 2310. The summed E-state index contributed by atoms with van der Waals surface area (Å²) in [7, 11) is 0. The molecule has 8 aromatic carbocycles. The van der Waals surface area contributed by atoms with E-state index in [4.69, 9.17) is 0 Å². The van der Waals surface area contributed by atoms with Crippen molar-refractivity contribution in [2.45, 2.75) is 0 Å². The molecule has 0 heterocycles. The zero-order chi connectivity index (χ0) is 30.7. The highest BCUT2D eigenvalue weighted by Crippen LogP contribution is 2.43. The van der Waals surface area contributed by atoms with E-state index in [-0.39, 0.29) is 0 Å². The van der Waals surface area contributed by atoms with Crippen LogP contribution >= 0.6 is 0 Å². The van der Waals surface area contributed by atoms with Crippen molar-refractivity contribution in [1.82, 2.24) is 0 Å². The zero-order valence-electron chi connectivity index (χ0n) is 25.3. The van der Waals surface area contributed by atoms with E-state index in [1.54, 1.807) is 0 Å². The van der Waals surface area contributed by atoms with Crippen molar-refractivity contribution >= 4 is 44.3 Å². The summed E-state index contributed by atoms with van der Waals surface area (Å²) < 4.78 is 0. The number of fused-ring (bicyclic) bond motifs is 2. The molecule has 0 unspecified atom stereocenters. The van der Waals surface area contributed by atoms with E-state index in [1.165, 1.54) is 32.7 Å². The number of hydrogen-bond acceptors (Lipinski definition) is 2. The van der Waals surface area contributed by atoms with Crippen molar-refractivity contribution < 1.29 is 0 Å². The fraction of sp³-hybridized carbons (Fsp3) is 0. The maximum Gasteiger partial charge on any atom is 0.0703 e. The monoisotopic (exact) mass is 588 g/mol. The molecule has 0 amide bonds. The number of rotatable bonds is 7. The van der Waals surface area contributed by atoms with E-state index in [1.807, 2.05) is 0 Å². The molecule has 2 heteroatoms. The smallest absolute Gasteiger partial charge is 0.0703 e. The predicted octanol–water partition coefficient (Wildman–Crippen LogP) is 12.5. The van der Waals surface area contributed by atoms with Gasteiger partial charge in [-0.1, -0.05) is 164 Å². The van der Waals surface area contributed by atoms with Crippen molar-refractivity contribution in [3.05, 3.63) is 182 Å². The second kappa shape index (κ2) is 12.1. The van der Waals surface area contributed by atoms with Crippen LogP contribution in [0.3, 0.4) is 0 Å². The SMILES string of the molecule is c1ccc(-c2cccc(Nc3ccccc3-c3cccc4ccccc34)c2Nc2ccccc2-c2cccc3ccccc23)cc1. The van der Waals surface area contributed by atoms with Gasteiger partial charge in [0.05, 0.1) is 11.4 Å². The lowest BCUT2D eigenvalue weighted by atomic mass is 9.96. The molecule has 2 N–H and O–H groups in total. The Balaban J connectivity index is 1.28. The van der Waals surface area contributed by atoms with E-state index >= 15 is 0 Å². The highest BCUT2D eigenvalue weighted by Gasteiger charge is 2.16. The molecule has 46 heavy (non-hydrogen) atoms. The van der Waals surface area contributed by atoms with Crippen LogP contribution in [0.25, 0.3) is 54.9 Å². The van der Waals surface area contributed by atoms with Crippen LogP contribution in [0.15, 0.2) is 182 Å². The molecule has 0 saturated carbocycles. The summed E-state index contributed by atoms with van der Waals surface area (Å²) in [6.07, 6.45) is 0. The highest BCUT2D eigenvalue weighted by molar-refractivity contribution is 6.03. The molecular formula is C44H32N2. The average Bonchev–Trinajstić information content (AvgIpc) is 3.13. The van der Waals surface area contributed by atoms with Crippen LogP contribution in [0.4, 0.5) is 22.7 Å². The first-order valence-corrected chi connectivity index (χ1v) is 15.7. The quantitative estimate of drug-likeness (QED) is 0.193. The van der Waals surface area contributed by atoms with Crippen molar-refractivity contribution in [3.8, 4) is 33.4 Å². The van der Waals surface area contributed by atoms with E-state index < -0.39 is 0 Å². The number of hydrogen-bond donors (Lipinski definition) is 2. The summed E-state index contributed by atoms with van der Waals surface area (Å²) in [5.74, 6) is 0. The Morgan fingerprint density at radius 3 is 1.30 bits per heavy atom. The summed E-state index contributed by atoms with van der Waals surface area (Å²) in [6, 6.07) is 64.5. The second-order valence-electron chi connectivity index (χ2n) is 11.5. The van der Waals surface area contributed by atoms with Crippen molar-refractivity contribution in [2.75, 3.05) is 10.6 Å². The molecule has 0 atom stereocenters. The molecule has 0 radical (unpaired) electrons. The molecule has 0 aliphatic carbocycles. The maximum atomic E-state index is 3.92. The molecule has 0 bridgehead atoms. The van der Waals surface area contributed by atoms with Gasteiger partial charge >= 0.3 is 0 Å². The fourth-order valence-electron chi connectivity index (χ4n) is 6.50. The van der Waals surface area contributed by atoms with Gasteiger partial charge in [0.25, 0.3) is 0 Å². The third kappa shape index (κ3) is 5.16. The van der Waals surface area contributed by atoms with Gasteiger partial charge in [0, 0.05) is 28.1 Å². The molecule has 0 aromatic heterocycles. The molecule has 0 saturated heterocycles. The summed E-state index contributed by atoms with van der Waals surface area (Å²) in [5.41, 5.74) is 11.1. The van der Waals surface area contributed by atoms with Gasteiger partial charge in [0.2, 0.25) is 0 Å². The molecule has 0 spiro atoms. The standard InChI is InChI=1S/C44H32N2/c1-2-15-33(16-3-1)36-25-14-30-43(45-41-28-10-8-23-39(41)37-26-12-19-31-17-4-6-21-34(31)37)44(36)46-42-29-11-9-24-40(42)38-27-13-20-32-18-5-7-22-35(32)38/h1-30,45-46H. The Hall–Kier alpha value is -6.12. The van der Waals surface area contributed by atoms with Crippen LogP contribution in [0, 0.1) is 0 Å². The third-order valence-corrected chi connectivity index (χ3v) is 8.69. The number of nitrogens with one attached hydrogen (secondary N) is 2. The fourth-order valence-corrected chi connectivity index (χ4v) is 6.50. The average molecular weight is 589 g/mol. The molecule has 0 aliphatic heterocycles. The number of anilines is 4. The first-order valence-electron chi connectivity index (χ1n) is 15.7. The van der Waals surface area contributed by atoms with Gasteiger partial charge in [-0.15, -0.1) is 0 Å². The molecule has 2 nitrogen and oxygen atoms in total. The molecule has 0 aliphatic rings. The van der Waals surface area contributed by atoms with Gasteiger partial charge < -0.3 is 10.6 Å². The van der Waals surface area contributed by atoms with E-state index in [0.717, 1.165) is 45.0 Å². The number of para-hydroxylation sites is 3. The Kier molecular flexibility index (Phi) is 7.22. The minimum atomic E-state index is 1.00. The Morgan fingerprint density at radius 1 is 0.261 bits per heavy atom. The third-order valence-electron chi connectivity index (χ3n) is 8.69. The summed E-state index contributed by atoms with van der Waals surface area (Å²) in [4.78, 5) is 0. The van der Waals surface area contributed by atoms with Crippen LogP contribution < -0.4 is 10.6 Å². The van der Waals surface area contributed by atoms with E-state index in [0.29, 0.717) is 0 Å². The molecule has 218 valence electrons. The second-order valence-corrected chi connectivity index (χ2v) is 11.5. The molecule has 8 rings (SSSR count). The van der Waals surface area contributed by atoms with Crippen LogP contribution in [0.2, 0.25) is 0 Å². The van der Waals surface area contributed by atoms with Crippen molar-refractivity contribution in [3.63, 3.8) is 0 Å². The minimum Gasteiger partial charge on any atom is -0.353 e. The first-order chi connectivity index (χ1) is 22.8. The topological polar surface area (TPSA) is 24.1 Å². The van der Waals surface area contributed by atoms with E-state index in [9.17, 15) is 0 Å². The van der Waals surface area contributed by atoms with Gasteiger partial charge in [-0.2, -0.15) is 0 Å². The maximum absolute atomic E-state index is 3.92. The van der Waals surface area contributed by atoms with Gasteiger partial charge in [0.1, 0.15) is 0 Å². The van der Waals surface area contributed by atoms with Gasteiger partial charge in [0.15, 0.2) is 0 Å². The lowest BCUT2D eigenvalue weighted by Gasteiger charge is -2.22. The van der Waals surface area contributed by atoms with Crippen LogP contribution in [0.1, 0.15) is 0 Å². The molecule has 0 fully saturated rings. The lowest BCUT2D eigenvalue weighted by Crippen LogP contribution is -2.02. The van der Waals surface area contributed by atoms with Crippen molar-refractivity contribution in [1.29, 1.82) is 0 Å². The first kappa shape index (κ1) is 27.4. The predicted molar refractivity (Wildman–Crippen MR) is 197 cm³/mol. The van der Waals surface area contributed by atoms with Gasteiger partial charge in [-0.05, 0) is 56.4 Å². The van der Waals surface area contributed by atoms with Crippen molar-refractivity contribution in [2.24, 2.45) is 0 Å². The minimum absolute atomic E-state index is 1.00. The normalized spacial score (nSPS) is 11.0. The largest absolute Gasteiger partial charge is 0.353 e. The highest BCUT2D eigenvalue weighted by atomic mass is 15.0. The van der Waals surface area contributed by atoms with Gasteiger partial charge in [-0.25, -0.2) is 0 Å². The van der Waals surface area contributed by atoms with E-state index in [2.05, 4.69) is 193 Å². The summed E-state index contributed by atoms with van der Waals surface area (Å²) in [6.45, 7) is 0. The summed E-state index contributed by atoms with van der Waals surface area (Å²) >= 11 is 0. The Labute approximate surface area is 269 Å². The lowest BCUT2D eigenvalue weighted by molar-refractivity contribution is 1.49. The van der Waals surface area contributed by atoms with Crippen LogP contribution in [0.5, 0.6) is 0 Å². The zero-order valence-corrected chi connectivity index (χ0v) is 25.3. The molecule has 8 aromatic rings. The van der Waals surface area contributed by atoms with Gasteiger partial charge in [-0.3, -0.25) is 0 Å². The summed E-state index contributed by atoms with van der Waals surface area (Å²) in [5, 5.41) is 12.7. The Morgan fingerprint density at radius 2 is 0.674 bits per heavy atom. The van der Waals surface area contributed by atoms with Crippen LogP contribution in [-0.4, -0.2) is 0 Å². The van der Waals surface area contributed by atoms with Crippen LogP contribution in [-0.2, 0) is 0 Å². The molecular weight excluding hydrogens is 556 g/mol. The number of benzene rings is 8.